The minimum atomic E-state index is -0.487. The zero-order valence-corrected chi connectivity index (χ0v) is 12.7. The van der Waals surface area contributed by atoms with Crippen LogP contribution in [0.1, 0.15) is 15.9 Å². The van der Waals surface area contributed by atoms with Crippen LogP contribution in [0.2, 0.25) is 0 Å². The van der Waals surface area contributed by atoms with Crippen molar-refractivity contribution in [2.75, 3.05) is 12.8 Å². The summed E-state index contributed by atoms with van der Waals surface area (Å²) in [4.78, 5) is 11.6. The highest BCUT2D eigenvalue weighted by Crippen LogP contribution is 2.30. The fraction of sp³-hybridized carbons (Fsp3) is 0.133. The first-order valence-electron chi connectivity index (χ1n) is 5.93. The predicted molar refractivity (Wildman–Crippen MR) is 81.1 cm³/mol. The second-order valence-corrected chi connectivity index (χ2v) is 5.17. The van der Waals surface area contributed by atoms with Crippen LogP contribution in [0.25, 0.3) is 0 Å². The van der Waals surface area contributed by atoms with Crippen molar-refractivity contribution >= 4 is 27.6 Å². The summed E-state index contributed by atoms with van der Waals surface area (Å²) in [6.07, 6.45) is 0. The standard InChI is InChI=1S/C15H14BrNO3/c1-9-3-4-10(16)7-14(9)20-11-5-6-13(17)12(8-11)15(18)19-2/h3-8H,17H2,1-2H3. The van der Waals surface area contributed by atoms with Crippen molar-refractivity contribution in [1.29, 1.82) is 0 Å². The van der Waals surface area contributed by atoms with Gasteiger partial charge in [-0.15, -0.1) is 0 Å². The van der Waals surface area contributed by atoms with Gasteiger partial charge in [0.05, 0.1) is 12.7 Å². The van der Waals surface area contributed by atoms with E-state index >= 15 is 0 Å². The van der Waals surface area contributed by atoms with E-state index < -0.39 is 5.97 Å². The third-order valence-corrected chi connectivity index (χ3v) is 3.30. The number of rotatable bonds is 3. The monoisotopic (exact) mass is 335 g/mol. The molecule has 0 saturated carbocycles. The fourth-order valence-corrected chi connectivity index (χ4v) is 2.04. The maximum Gasteiger partial charge on any atom is 0.340 e. The van der Waals surface area contributed by atoms with Crippen LogP contribution >= 0.6 is 15.9 Å². The SMILES string of the molecule is COC(=O)c1cc(Oc2cc(Br)ccc2C)ccc1N. The van der Waals surface area contributed by atoms with E-state index in [0.29, 0.717) is 17.2 Å². The van der Waals surface area contributed by atoms with Crippen molar-refractivity contribution in [1.82, 2.24) is 0 Å². The Hall–Kier alpha value is -2.01. The van der Waals surface area contributed by atoms with Crippen LogP contribution in [0.5, 0.6) is 11.5 Å². The van der Waals surface area contributed by atoms with Crippen LogP contribution in [0.15, 0.2) is 40.9 Å². The number of ether oxygens (including phenoxy) is 2. The quantitative estimate of drug-likeness (QED) is 0.682. The molecule has 2 rings (SSSR count). The molecule has 0 radical (unpaired) electrons. The number of carbonyl (C=O) groups excluding carboxylic acids is 1. The molecule has 0 aliphatic rings. The van der Waals surface area contributed by atoms with Crippen molar-refractivity contribution in [3.8, 4) is 11.5 Å². The van der Waals surface area contributed by atoms with Crippen molar-refractivity contribution in [2.24, 2.45) is 0 Å². The zero-order valence-electron chi connectivity index (χ0n) is 11.1. The molecule has 0 aromatic heterocycles. The molecule has 2 N–H and O–H groups in total. The van der Waals surface area contributed by atoms with Gasteiger partial charge in [-0.25, -0.2) is 4.79 Å². The van der Waals surface area contributed by atoms with Crippen LogP contribution in [-0.2, 0) is 4.74 Å². The lowest BCUT2D eigenvalue weighted by Crippen LogP contribution is -2.05. The Bertz CT molecular complexity index is 656. The largest absolute Gasteiger partial charge is 0.465 e. The number of nitrogen functional groups attached to an aromatic ring is 1. The highest BCUT2D eigenvalue weighted by atomic mass is 79.9. The maximum atomic E-state index is 11.6. The molecule has 0 aliphatic carbocycles. The molecule has 4 nitrogen and oxygen atoms in total. The minimum absolute atomic E-state index is 0.289. The number of carbonyl (C=O) groups is 1. The fourth-order valence-electron chi connectivity index (χ4n) is 1.70. The molecule has 2 aromatic carbocycles. The molecule has 104 valence electrons. The summed E-state index contributed by atoms with van der Waals surface area (Å²) in [5.41, 5.74) is 7.39. The van der Waals surface area contributed by atoms with Gasteiger partial charge in [-0.1, -0.05) is 22.0 Å². The number of aryl methyl sites for hydroxylation is 1. The van der Waals surface area contributed by atoms with Crippen LogP contribution in [0, 0.1) is 6.92 Å². The number of hydrogen-bond donors (Lipinski definition) is 1. The van der Waals surface area contributed by atoms with Crippen molar-refractivity contribution in [3.63, 3.8) is 0 Å². The summed E-state index contributed by atoms with van der Waals surface area (Å²) in [6, 6.07) is 10.6. The molecule has 0 unspecified atom stereocenters. The zero-order chi connectivity index (χ0) is 14.7. The Kier molecular flexibility index (Phi) is 4.29. The van der Waals surface area contributed by atoms with E-state index in [9.17, 15) is 4.79 Å². The number of hydrogen-bond acceptors (Lipinski definition) is 4. The lowest BCUT2D eigenvalue weighted by atomic mass is 10.1. The molecule has 0 atom stereocenters. The summed E-state index contributed by atoms with van der Waals surface area (Å²) < 4.78 is 11.4. The van der Waals surface area contributed by atoms with E-state index in [4.69, 9.17) is 10.5 Å². The Balaban J connectivity index is 2.34. The number of esters is 1. The summed E-state index contributed by atoms with van der Waals surface area (Å²) in [7, 11) is 1.31. The van der Waals surface area contributed by atoms with Gasteiger partial charge in [0.2, 0.25) is 0 Å². The average molecular weight is 336 g/mol. The van der Waals surface area contributed by atoms with E-state index in [-0.39, 0.29) is 5.56 Å². The normalized spacial score (nSPS) is 10.2. The molecule has 0 saturated heterocycles. The molecule has 0 bridgehead atoms. The van der Waals surface area contributed by atoms with Crippen molar-refractivity contribution < 1.29 is 14.3 Å². The van der Waals surface area contributed by atoms with Gasteiger partial charge in [0.15, 0.2) is 0 Å². The van der Waals surface area contributed by atoms with Crippen LogP contribution < -0.4 is 10.5 Å². The van der Waals surface area contributed by atoms with Gasteiger partial charge in [-0.2, -0.15) is 0 Å². The number of benzene rings is 2. The molecule has 5 heteroatoms. The highest BCUT2D eigenvalue weighted by Gasteiger charge is 2.12. The summed E-state index contributed by atoms with van der Waals surface area (Å²) in [5, 5.41) is 0. The van der Waals surface area contributed by atoms with Gasteiger partial charge in [-0.05, 0) is 42.8 Å². The number of anilines is 1. The second-order valence-electron chi connectivity index (χ2n) is 4.25. The molecule has 0 amide bonds. The van der Waals surface area contributed by atoms with Crippen molar-refractivity contribution in [2.45, 2.75) is 6.92 Å². The van der Waals surface area contributed by atoms with Gasteiger partial charge >= 0.3 is 5.97 Å². The van der Waals surface area contributed by atoms with Crippen LogP contribution in [0.4, 0.5) is 5.69 Å². The molecular weight excluding hydrogens is 322 g/mol. The molecule has 0 heterocycles. The van der Waals surface area contributed by atoms with E-state index in [2.05, 4.69) is 20.7 Å². The summed E-state index contributed by atoms with van der Waals surface area (Å²) in [5.74, 6) is 0.750. The van der Waals surface area contributed by atoms with Gasteiger partial charge in [0, 0.05) is 10.2 Å². The van der Waals surface area contributed by atoms with E-state index in [1.165, 1.54) is 7.11 Å². The number of methoxy groups -OCH3 is 1. The highest BCUT2D eigenvalue weighted by molar-refractivity contribution is 9.10. The Morgan fingerprint density at radius 1 is 1.20 bits per heavy atom. The van der Waals surface area contributed by atoms with Crippen molar-refractivity contribution in [3.05, 3.63) is 52.0 Å². The Morgan fingerprint density at radius 2 is 1.95 bits per heavy atom. The number of halogens is 1. The topological polar surface area (TPSA) is 61.5 Å². The second kappa shape index (κ2) is 5.96. The maximum absolute atomic E-state index is 11.6. The Labute approximate surface area is 125 Å². The van der Waals surface area contributed by atoms with Crippen LogP contribution in [-0.4, -0.2) is 13.1 Å². The van der Waals surface area contributed by atoms with E-state index in [0.717, 1.165) is 10.0 Å². The first-order valence-corrected chi connectivity index (χ1v) is 6.72. The van der Waals surface area contributed by atoms with Gasteiger partial charge < -0.3 is 15.2 Å². The van der Waals surface area contributed by atoms with E-state index in [1.54, 1.807) is 18.2 Å². The third kappa shape index (κ3) is 3.11. The van der Waals surface area contributed by atoms with Gasteiger partial charge in [-0.3, -0.25) is 0 Å². The number of nitrogens with two attached hydrogens (primary N) is 1. The average Bonchev–Trinajstić information content (AvgIpc) is 2.44. The molecule has 0 spiro atoms. The summed E-state index contributed by atoms with van der Waals surface area (Å²) >= 11 is 3.40. The first-order chi connectivity index (χ1) is 9.51. The first kappa shape index (κ1) is 14.4. The molecule has 20 heavy (non-hydrogen) atoms. The smallest absolute Gasteiger partial charge is 0.340 e. The van der Waals surface area contributed by atoms with Gasteiger partial charge in [0.1, 0.15) is 11.5 Å². The Morgan fingerprint density at radius 3 is 2.65 bits per heavy atom. The predicted octanol–water partition coefficient (Wildman–Crippen LogP) is 3.92. The molecule has 2 aromatic rings. The third-order valence-electron chi connectivity index (χ3n) is 2.81. The van der Waals surface area contributed by atoms with Crippen LogP contribution in [0.3, 0.4) is 0 Å². The molecule has 0 fully saturated rings. The van der Waals surface area contributed by atoms with E-state index in [1.807, 2.05) is 25.1 Å². The molecule has 0 aliphatic heterocycles. The minimum Gasteiger partial charge on any atom is -0.465 e. The van der Waals surface area contributed by atoms with Gasteiger partial charge in [0.25, 0.3) is 0 Å². The molecular formula is C15H14BrNO3. The summed E-state index contributed by atoms with van der Waals surface area (Å²) in [6.45, 7) is 1.94. The lowest BCUT2D eigenvalue weighted by molar-refractivity contribution is 0.0601. The lowest BCUT2D eigenvalue weighted by Gasteiger charge is -2.11.